The van der Waals surface area contributed by atoms with Crippen LogP contribution in [0.2, 0.25) is 5.02 Å². The van der Waals surface area contributed by atoms with Gasteiger partial charge in [-0.2, -0.15) is 0 Å². The number of aryl methyl sites for hydroxylation is 1. The van der Waals surface area contributed by atoms with E-state index in [1.165, 1.54) is 16.7 Å². The first-order chi connectivity index (χ1) is 14.4. The molecule has 7 heteroatoms. The Kier molecular flexibility index (Phi) is 5.97. The quantitative estimate of drug-likeness (QED) is 0.410. The Bertz CT molecular complexity index is 989. The topological polar surface area (TPSA) is 66.5 Å². The van der Waals surface area contributed by atoms with Crippen LogP contribution in [0.1, 0.15) is 18.4 Å². The third kappa shape index (κ3) is 4.30. The molecule has 0 saturated carbocycles. The minimum Gasteiger partial charge on any atom is -0.325 e. The molecule has 1 saturated heterocycles. The van der Waals surface area contributed by atoms with Crippen molar-refractivity contribution in [3.8, 4) is 0 Å². The van der Waals surface area contributed by atoms with Crippen LogP contribution >= 0.6 is 23.4 Å². The molecule has 30 heavy (non-hydrogen) atoms. The number of hydrogen-bond acceptors (Lipinski definition) is 4. The molecule has 154 valence electrons. The van der Waals surface area contributed by atoms with Crippen LogP contribution in [0.15, 0.2) is 59.5 Å². The van der Waals surface area contributed by atoms with Crippen molar-refractivity contribution in [3.05, 3.63) is 65.2 Å². The summed E-state index contributed by atoms with van der Waals surface area (Å²) in [6.45, 7) is 1.92. The van der Waals surface area contributed by atoms with Crippen LogP contribution in [-0.2, 0) is 14.4 Å². The van der Waals surface area contributed by atoms with Gasteiger partial charge in [0, 0.05) is 15.6 Å². The van der Waals surface area contributed by atoms with Gasteiger partial charge in [0.1, 0.15) is 0 Å². The highest BCUT2D eigenvalue weighted by Crippen LogP contribution is 2.38. The van der Waals surface area contributed by atoms with E-state index in [4.69, 9.17) is 11.6 Å². The second-order valence-corrected chi connectivity index (χ2v) is 9.00. The molecule has 1 N–H and O–H groups in total. The minimum atomic E-state index is -0.240. The van der Waals surface area contributed by atoms with Gasteiger partial charge in [-0.25, -0.2) is 0 Å². The molecule has 1 aliphatic carbocycles. The highest BCUT2D eigenvalue weighted by Gasteiger charge is 2.47. The van der Waals surface area contributed by atoms with E-state index >= 15 is 0 Å². The first kappa shape index (κ1) is 20.7. The van der Waals surface area contributed by atoms with Crippen molar-refractivity contribution in [1.29, 1.82) is 0 Å². The Morgan fingerprint density at radius 1 is 1.07 bits per heavy atom. The zero-order valence-corrected chi connectivity index (χ0v) is 18.0. The maximum atomic E-state index is 12.7. The van der Waals surface area contributed by atoms with Crippen molar-refractivity contribution in [2.24, 2.45) is 11.8 Å². The highest BCUT2D eigenvalue weighted by atomic mass is 35.5. The van der Waals surface area contributed by atoms with Gasteiger partial charge in [-0.15, -0.1) is 11.8 Å². The summed E-state index contributed by atoms with van der Waals surface area (Å²) in [5, 5.41) is 3.42. The minimum absolute atomic E-state index is 0.119. The summed E-state index contributed by atoms with van der Waals surface area (Å²) in [6.07, 6.45) is 5.21. The molecule has 0 spiro atoms. The number of hydrogen-bond donors (Lipinski definition) is 1. The molecule has 4 rings (SSSR count). The van der Waals surface area contributed by atoms with Gasteiger partial charge in [-0.3, -0.25) is 19.3 Å². The smallest absolute Gasteiger partial charge is 0.238 e. The van der Waals surface area contributed by atoms with E-state index in [2.05, 4.69) is 5.32 Å². The number of halogens is 1. The monoisotopic (exact) mass is 440 g/mol. The van der Waals surface area contributed by atoms with Crippen molar-refractivity contribution >= 4 is 52.5 Å². The molecule has 2 unspecified atom stereocenters. The number of nitrogens with zero attached hydrogens (tertiary/aromatic N) is 1. The molecular weight excluding hydrogens is 420 g/mol. The number of imide groups is 1. The van der Waals surface area contributed by atoms with Gasteiger partial charge in [0.15, 0.2) is 0 Å². The maximum absolute atomic E-state index is 12.7. The second kappa shape index (κ2) is 8.66. The first-order valence-corrected chi connectivity index (χ1v) is 11.1. The van der Waals surface area contributed by atoms with Crippen LogP contribution in [0.25, 0.3) is 0 Å². The molecule has 0 bridgehead atoms. The molecule has 5 nitrogen and oxygen atoms in total. The number of nitrogens with one attached hydrogen (secondary N) is 1. The number of anilines is 2. The molecule has 1 heterocycles. The molecule has 0 radical (unpaired) electrons. The Hall–Kier alpha value is -2.57. The first-order valence-electron chi connectivity index (χ1n) is 9.75. The Balaban J connectivity index is 1.36. The number of amides is 3. The van der Waals surface area contributed by atoms with E-state index < -0.39 is 0 Å². The van der Waals surface area contributed by atoms with Gasteiger partial charge in [0.05, 0.1) is 23.3 Å². The van der Waals surface area contributed by atoms with E-state index in [1.807, 2.05) is 43.3 Å². The Morgan fingerprint density at radius 2 is 1.70 bits per heavy atom. The van der Waals surface area contributed by atoms with Gasteiger partial charge < -0.3 is 5.32 Å². The molecule has 0 aromatic heterocycles. The average molecular weight is 441 g/mol. The van der Waals surface area contributed by atoms with Gasteiger partial charge >= 0.3 is 0 Å². The third-order valence-electron chi connectivity index (χ3n) is 5.30. The van der Waals surface area contributed by atoms with E-state index in [9.17, 15) is 14.4 Å². The maximum Gasteiger partial charge on any atom is 0.238 e. The van der Waals surface area contributed by atoms with Crippen LogP contribution in [0.4, 0.5) is 11.4 Å². The summed E-state index contributed by atoms with van der Waals surface area (Å²) >= 11 is 7.41. The summed E-state index contributed by atoms with van der Waals surface area (Å²) in [5.74, 6) is -0.614. The van der Waals surface area contributed by atoms with E-state index in [-0.39, 0.29) is 35.3 Å². The largest absolute Gasteiger partial charge is 0.325 e. The third-order valence-corrected chi connectivity index (χ3v) is 6.53. The second-order valence-electron chi connectivity index (χ2n) is 7.52. The standard InChI is InChI=1S/C23H21ClN2O3S/c1-14-10-15(24)12-16(11-14)25-21(27)13-30-18-8-6-17(7-9-18)26-22(28)19-4-2-3-5-20(19)23(26)29/h2-3,6-12,19-20H,4-5,13H2,1H3,(H,25,27). The molecule has 1 fully saturated rings. The molecule has 1 aliphatic heterocycles. The van der Waals surface area contributed by atoms with E-state index in [0.29, 0.717) is 29.2 Å². The molecular formula is C23H21ClN2O3S. The number of fused-ring (bicyclic) bond motifs is 1. The Morgan fingerprint density at radius 3 is 2.30 bits per heavy atom. The number of carbonyl (C=O) groups excluding carboxylic acids is 3. The fraction of sp³-hybridized carbons (Fsp3) is 0.261. The summed E-state index contributed by atoms with van der Waals surface area (Å²) < 4.78 is 0. The lowest BCUT2D eigenvalue weighted by Gasteiger charge is -2.15. The zero-order chi connectivity index (χ0) is 21.3. The van der Waals surface area contributed by atoms with E-state index in [1.54, 1.807) is 18.2 Å². The number of benzene rings is 2. The van der Waals surface area contributed by atoms with Gasteiger partial charge in [0.25, 0.3) is 0 Å². The van der Waals surface area contributed by atoms with Crippen molar-refractivity contribution < 1.29 is 14.4 Å². The fourth-order valence-corrected chi connectivity index (χ4v) is 4.89. The number of carbonyl (C=O) groups is 3. The predicted octanol–water partition coefficient (Wildman–Crippen LogP) is 4.83. The lowest BCUT2D eigenvalue weighted by molar-refractivity contribution is -0.122. The number of allylic oxidation sites excluding steroid dienone is 2. The van der Waals surface area contributed by atoms with Crippen molar-refractivity contribution in [2.75, 3.05) is 16.0 Å². The van der Waals surface area contributed by atoms with Gasteiger partial charge in [-0.1, -0.05) is 23.8 Å². The Labute approximate surface area is 184 Å². The molecule has 2 aromatic carbocycles. The van der Waals surface area contributed by atoms with Crippen LogP contribution < -0.4 is 10.2 Å². The molecule has 2 aliphatic rings. The molecule has 2 aromatic rings. The predicted molar refractivity (Wildman–Crippen MR) is 120 cm³/mol. The van der Waals surface area contributed by atoms with Crippen LogP contribution in [0, 0.1) is 18.8 Å². The molecule has 3 amide bonds. The van der Waals surface area contributed by atoms with Crippen LogP contribution in [0.5, 0.6) is 0 Å². The SMILES string of the molecule is Cc1cc(Cl)cc(NC(=O)CSc2ccc(N3C(=O)C4CC=CCC4C3=O)cc2)c1. The number of rotatable bonds is 5. The fourth-order valence-electron chi connectivity index (χ4n) is 3.90. The zero-order valence-electron chi connectivity index (χ0n) is 16.4. The highest BCUT2D eigenvalue weighted by molar-refractivity contribution is 8.00. The summed E-state index contributed by atoms with van der Waals surface area (Å²) in [6, 6.07) is 12.6. The van der Waals surface area contributed by atoms with Crippen molar-refractivity contribution in [3.63, 3.8) is 0 Å². The van der Waals surface area contributed by atoms with Crippen molar-refractivity contribution in [2.45, 2.75) is 24.7 Å². The van der Waals surface area contributed by atoms with E-state index in [0.717, 1.165) is 10.5 Å². The lowest BCUT2D eigenvalue weighted by atomic mass is 9.85. The number of thioether (sulfide) groups is 1. The van der Waals surface area contributed by atoms with Crippen LogP contribution in [-0.4, -0.2) is 23.5 Å². The van der Waals surface area contributed by atoms with Crippen molar-refractivity contribution in [1.82, 2.24) is 0 Å². The normalized spacial score (nSPS) is 20.4. The van der Waals surface area contributed by atoms with Gasteiger partial charge in [-0.05, 0) is 67.8 Å². The summed E-state index contributed by atoms with van der Waals surface area (Å²) in [4.78, 5) is 39.8. The lowest BCUT2D eigenvalue weighted by Crippen LogP contribution is -2.30. The van der Waals surface area contributed by atoms with Gasteiger partial charge in [0.2, 0.25) is 17.7 Å². The average Bonchev–Trinajstić information content (AvgIpc) is 2.97. The van der Waals surface area contributed by atoms with Crippen LogP contribution in [0.3, 0.4) is 0 Å². The molecule has 2 atom stereocenters. The summed E-state index contributed by atoms with van der Waals surface area (Å²) in [5.41, 5.74) is 2.23. The summed E-state index contributed by atoms with van der Waals surface area (Å²) in [7, 11) is 0.